The molecule has 3 rings (SSSR count). The first-order valence-corrected chi connectivity index (χ1v) is 8.08. The molecule has 0 N–H and O–H groups in total. The Bertz CT molecular complexity index is 697. The monoisotopic (exact) mass is 394 g/mol. The van der Waals surface area contributed by atoms with Gasteiger partial charge in [-0.2, -0.15) is 0 Å². The van der Waals surface area contributed by atoms with Crippen LogP contribution in [0.4, 0.5) is 0 Å². The first kappa shape index (κ1) is 18.9. The van der Waals surface area contributed by atoms with Gasteiger partial charge in [-0.15, -0.1) is 0 Å². The average Bonchev–Trinajstić information content (AvgIpc) is 2.92. The Labute approximate surface area is 155 Å². The van der Waals surface area contributed by atoms with Gasteiger partial charge >= 0.3 is 131 Å². The van der Waals surface area contributed by atoms with Crippen molar-refractivity contribution >= 4 is 34.0 Å². The van der Waals surface area contributed by atoms with E-state index in [1.807, 2.05) is 24.3 Å². The number of fused-ring (bicyclic) bond motifs is 1. The summed E-state index contributed by atoms with van der Waals surface area (Å²) in [5.74, 6) is 0.759. The minimum absolute atomic E-state index is 0. The summed E-state index contributed by atoms with van der Waals surface area (Å²) >= 11 is 11.8. The molecule has 0 saturated carbocycles. The van der Waals surface area contributed by atoms with Crippen molar-refractivity contribution in [1.29, 1.82) is 0 Å². The molecule has 0 radical (unpaired) electrons. The predicted octanol–water partition coefficient (Wildman–Crippen LogP) is -0.625. The van der Waals surface area contributed by atoms with Gasteiger partial charge in [0.2, 0.25) is 0 Å². The zero-order chi connectivity index (χ0) is 13.2. The first-order valence-electron chi connectivity index (χ1n) is 5.91. The molecular weight excluding hydrogens is 386 g/mol. The summed E-state index contributed by atoms with van der Waals surface area (Å²) in [6.45, 7) is 0. The van der Waals surface area contributed by atoms with Crippen molar-refractivity contribution in [2.24, 2.45) is 0 Å². The molecule has 6 heteroatoms. The Morgan fingerprint density at radius 2 is 1.71 bits per heavy atom. The van der Waals surface area contributed by atoms with E-state index in [-0.39, 0.29) is 24.8 Å². The Balaban J connectivity index is 0.00000110. The molecule has 0 saturated heterocycles. The summed E-state index contributed by atoms with van der Waals surface area (Å²) in [6.07, 6.45) is 7.35. The molecule has 0 bridgehead atoms. The molecular formula is C15H10Cl4OTi. The fourth-order valence-corrected chi connectivity index (χ4v) is 3.97. The molecule has 21 heavy (non-hydrogen) atoms. The number of benzene rings is 2. The van der Waals surface area contributed by atoms with Crippen LogP contribution in [0.15, 0.2) is 52.4 Å². The van der Waals surface area contributed by atoms with E-state index < -0.39 is 19.5 Å². The Kier molecular flexibility index (Phi) is 7.63. The van der Waals surface area contributed by atoms with Crippen LogP contribution in [0, 0.1) is 0 Å². The number of hydrogen-bond acceptors (Lipinski definition) is 1. The SMILES string of the molecule is Clc1cc(Cl)c2ccccc2c1[O][Ti+2][C]1=CC=CC1.[Cl-].[Cl-]. The van der Waals surface area contributed by atoms with Gasteiger partial charge in [-0.1, -0.05) is 0 Å². The second kappa shape index (κ2) is 8.48. The molecule has 1 aliphatic carbocycles. The molecule has 2 aromatic rings. The second-order valence-corrected chi connectivity index (χ2v) is 6.70. The van der Waals surface area contributed by atoms with Gasteiger partial charge in [0.1, 0.15) is 0 Å². The van der Waals surface area contributed by atoms with E-state index in [0.717, 1.165) is 22.9 Å². The van der Waals surface area contributed by atoms with E-state index in [4.69, 9.17) is 26.5 Å². The second-order valence-electron chi connectivity index (χ2n) is 4.24. The first-order chi connectivity index (χ1) is 9.25. The molecule has 0 fully saturated rings. The molecule has 0 heterocycles. The molecule has 0 atom stereocenters. The fraction of sp³-hybridized carbons (Fsp3) is 0.0667. The van der Waals surface area contributed by atoms with Crippen LogP contribution in [0.5, 0.6) is 5.75 Å². The third-order valence-corrected chi connectivity index (χ3v) is 5.01. The zero-order valence-corrected chi connectivity index (χ0v) is 15.3. The smallest absolute Gasteiger partial charge is 1.00 e. The van der Waals surface area contributed by atoms with Crippen molar-refractivity contribution in [1.82, 2.24) is 0 Å². The molecule has 0 unspecified atom stereocenters. The Morgan fingerprint density at radius 1 is 1.00 bits per heavy atom. The van der Waals surface area contributed by atoms with E-state index in [2.05, 4.69) is 18.2 Å². The topological polar surface area (TPSA) is 9.23 Å². The molecule has 108 valence electrons. The maximum Gasteiger partial charge on any atom is -1.00 e. The van der Waals surface area contributed by atoms with Crippen LogP contribution in [-0.4, -0.2) is 0 Å². The largest absolute Gasteiger partial charge is 1.00 e. The molecule has 1 aliphatic rings. The normalized spacial score (nSPS) is 12.2. The molecule has 0 aliphatic heterocycles. The van der Waals surface area contributed by atoms with E-state index in [0.29, 0.717) is 10.0 Å². The van der Waals surface area contributed by atoms with Crippen LogP contribution in [-0.2, 0) is 19.5 Å². The number of allylic oxidation sites excluding steroid dienone is 4. The maximum absolute atomic E-state index is 6.27. The third-order valence-electron chi connectivity index (χ3n) is 2.95. The number of halogens is 4. The number of rotatable bonds is 3. The fourth-order valence-electron chi connectivity index (χ4n) is 2.02. The van der Waals surface area contributed by atoms with Gasteiger partial charge < -0.3 is 24.8 Å². The van der Waals surface area contributed by atoms with Gasteiger partial charge in [-0.05, 0) is 0 Å². The Hall–Kier alpha value is -0.146. The van der Waals surface area contributed by atoms with E-state index in [1.165, 1.54) is 3.88 Å². The van der Waals surface area contributed by atoms with Crippen LogP contribution in [0.1, 0.15) is 6.42 Å². The minimum Gasteiger partial charge on any atom is -1.00 e. The summed E-state index contributed by atoms with van der Waals surface area (Å²) in [7, 11) is 0. The Morgan fingerprint density at radius 3 is 2.38 bits per heavy atom. The van der Waals surface area contributed by atoms with Crippen molar-refractivity contribution in [3.8, 4) is 5.75 Å². The van der Waals surface area contributed by atoms with E-state index in [9.17, 15) is 0 Å². The van der Waals surface area contributed by atoms with Gasteiger partial charge in [0.25, 0.3) is 0 Å². The standard InChI is InChI=1S/C10H6Cl2O.C5H5.2ClH.Ti/c11-8-5-9(12)10(13)7-4-2-1-3-6(7)8;1-2-4-5-3-1;;;/h1-5,13H;1-3H,4H2;2*1H;/q;;;;+3/p-3. The van der Waals surface area contributed by atoms with Crippen molar-refractivity contribution in [2.45, 2.75) is 6.42 Å². The zero-order valence-electron chi connectivity index (χ0n) is 10.7. The number of hydrogen-bond donors (Lipinski definition) is 0. The van der Waals surface area contributed by atoms with Crippen LogP contribution in [0.25, 0.3) is 10.8 Å². The molecule has 0 aromatic heterocycles. The summed E-state index contributed by atoms with van der Waals surface area (Å²) in [6, 6.07) is 9.67. The van der Waals surface area contributed by atoms with Gasteiger partial charge in [0.05, 0.1) is 0 Å². The van der Waals surface area contributed by atoms with Crippen molar-refractivity contribution in [2.75, 3.05) is 0 Å². The van der Waals surface area contributed by atoms with Crippen LogP contribution in [0.2, 0.25) is 10.0 Å². The van der Waals surface area contributed by atoms with Crippen LogP contribution < -0.4 is 28.1 Å². The van der Waals surface area contributed by atoms with Gasteiger partial charge in [-0.3, -0.25) is 0 Å². The average molecular weight is 396 g/mol. The van der Waals surface area contributed by atoms with Gasteiger partial charge in [0.15, 0.2) is 0 Å². The third kappa shape index (κ3) is 4.19. The summed E-state index contributed by atoms with van der Waals surface area (Å²) in [4.78, 5) is 0. The molecule has 1 nitrogen and oxygen atoms in total. The summed E-state index contributed by atoms with van der Waals surface area (Å²) < 4.78 is 7.39. The molecule has 2 aromatic carbocycles. The van der Waals surface area contributed by atoms with E-state index in [1.54, 1.807) is 6.07 Å². The summed E-state index contributed by atoms with van der Waals surface area (Å²) in [5.41, 5.74) is 0. The predicted molar refractivity (Wildman–Crippen MR) is 76.4 cm³/mol. The molecule has 0 spiro atoms. The van der Waals surface area contributed by atoms with Gasteiger partial charge in [0, 0.05) is 0 Å². The maximum atomic E-state index is 6.27. The van der Waals surface area contributed by atoms with Gasteiger partial charge in [-0.25, -0.2) is 0 Å². The quantitative estimate of drug-likeness (QED) is 0.629. The summed E-state index contributed by atoms with van der Waals surface area (Å²) in [5, 5.41) is 3.21. The van der Waals surface area contributed by atoms with Crippen LogP contribution >= 0.6 is 23.2 Å². The van der Waals surface area contributed by atoms with Crippen molar-refractivity contribution < 1.29 is 47.7 Å². The van der Waals surface area contributed by atoms with Crippen LogP contribution in [0.3, 0.4) is 0 Å². The van der Waals surface area contributed by atoms with Crippen molar-refractivity contribution in [3.05, 3.63) is 62.5 Å². The minimum atomic E-state index is -0.630. The van der Waals surface area contributed by atoms with Crippen molar-refractivity contribution in [3.63, 3.8) is 0 Å². The molecule has 0 amide bonds. The van der Waals surface area contributed by atoms with E-state index >= 15 is 0 Å².